The fraction of sp³-hybridized carbons (Fsp3) is 0.462. The van der Waals surface area contributed by atoms with Crippen molar-refractivity contribution < 1.29 is 0 Å². The summed E-state index contributed by atoms with van der Waals surface area (Å²) in [6, 6.07) is 0. The maximum atomic E-state index is 12.3. The van der Waals surface area contributed by atoms with Gasteiger partial charge in [0.2, 0.25) is 0 Å². The Morgan fingerprint density at radius 2 is 2.10 bits per heavy atom. The molecule has 0 amide bonds. The van der Waals surface area contributed by atoms with Crippen LogP contribution in [-0.4, -0.2) is 45.1 Å². The van der Waals surface area contributed by atoms with Crippen molar-refractivity contribution in [3.05, 3.63) is 32.9 Å². The smallest absolute Gasteiger partial charge is 0.283 e. The number of aryl methyl sites for hydroxylation is 2. The summed E-state index contributed by atoms with van der Waals surface area (Å²) in [6.07, 6.45) is 3.51. The molecule has 0 saturated heterocycles. The van der Waals surface area contributed by atoms with Crippen molar-refractivity contribution in [3.8, 4) is 0 Å². The van der Waals surface area contributed by atoms with Gasteiger partial charge in [-0.15, -0.1) is 0 Å². The van der Waals surface area contributed by atoms with Gasteiger partial charge in [-0.1, -0.05) is 0 Å². The second kappa shape index (κ2) is 6.40. The average Bonchev–Trinajstić information content (AvgIpc) is 2.72. The maximum Gasteiger partial charge on any atom is 0.283 e. The molecular weight excluding hydrogens is 336 g/mol. The van der Waals surface area contributed by atoms with Gasteiger partial charge in [0.15, 0.2) is 0 Å². The number of rotatable bonds is 5. The molecule has 114 valence electrons. The summed E-state index contributed by atoms with van der Waals surface area (Å²) in [5, 5.41) is 11.6. The van der Waals surface area contributed by atoms with Crippen LogP contribution in [0.25, 0.3) is 0 Å². The molecule has 2 rings (SSSR count). The highest BCUT2D eigenvalue weighted by Gasteiger charge is 2.11. The molecule has 0 saturated carbocycles. The van der Waals surface area contributed by atoms with Gasteiger partial charge in [0.1, 0.15) is 4.47 Å². The Bertz CT molecular complexity index is 690. The molecule has 1 N–H and O–H groups in total. The number of anilines is 2. The molecular formula is C13H19BrN6O. The summed E-state index contributed by atoms with van der Waals surface area (Å²) >= 11 is 3.35. The molecule has 0 aromatic carbocycles. The van der Waals surface area contributed by atoms with E-state index >= 15 is 0 Å². The minimum absolute atomic E-state index is 0.150. The van der Waals surface area contributed by atoms with Crippen LogP contribution in [-0.2, 0) is 13.6 Å². The predicted molar refractivity (Wildman–Crippen MR) is 86.0 cm³/mol. The van der Waals surface area contributed by atoms with E-state index in [1.165, 1.54) is 4.68 Å². The van der Waals surface area contributed by atoms with Gasteiger partial charge in [-0.05, 0) is 36.9 Å². The first-order chi connectivity index (χ1) is 9.88. The van der Waals surface area contributed by atoms with Gasteiger partial charge in [-0.25, -0.2) is 4.68 Å². The molecule has 0 aliphatic rings. The zero-order valence-electron chi connectivity index (χ0n) is 12.6. The number of aromatic nitrogens is 4. The Kier molecular flexibility index (Phi) is 4.79. The first kappa shape index (κ1) is 15.7. The molecule has 2 aromatic heterocycles. The third-order valence-electron chi connectivity index (χ3n) is 3.03. The van der Waals surface area contributed by atoms with Gasteiger partial charge >= 0.3 is 0 Å². The lowest BCUT2D eigenvalue weighted by molar-refractivity contribution is 0.367. The molecule has 0 radical (unpaired) electrons. The molecule has 7 nitrogen and oxygen atoms in total. The molecule has 0 aliphatic heterocycles. The molecule has 21 heavy (non-hydrogen) atoms. The van der Waals surface area contributed by atoms with Crippen molar-refractivity contribution in [2.24, 2.45) is 7.05 Å². The normalized spacial score (nSPS) is 11.1. The minimum atomic E-state index is -0.150. The number of nitrogens with one attached hydrogen (secondary N) is 1. The Morgan fingerprint density at radius 3 is 2.67 bits per heavy atom. The highest BCUT2D eigenvalue weighted by Crippen LogP contribution is 2.23. The Hall–Kier alpha value is -1.67. The van der Waals surface area contributed by atoms with Crippen LogP contribution in [0.4, 0.5) is 11.4 Å². The molecule has 2 aromatic rings. The number of likely N-dealkylation sites (N-methyl/N-ethyl adjacent to an activating group) is 1. The van der Waals surface area contributed by atoms with E-state index in [2.05, 4.69) is 31.4 Å². The second-order valence-corrected chi connectivity index (χ2v) is 5.92. The van der Waals surface area contributed by atoms with Gasteiger partial charge in [0, 0.05) is 19.8 Å². The summed E-state index contributed by atoms with van der Waals surface area (Å²) in [5.74, 6) is 0. The molecule has 0 aliphatic carbocycles. The van der Waals surface area contributed by atoms with Crippen molar-refractivity contribution in [1.29, 1.82) is 0 Å². The van der Waals surface area contributed by atoms with E-state index in [9.17, 15) is 4.79 Å². The van der Waals surface area contributed by atoms with Crippen LogP contribution in [0, 0.1) is 6.92 Å². The lowest BCUT2D eigenvalue weighted by atomic mass is 10.3. The van der Waals surface area contributed by atoms with E-state index in [0.717, 1.165) is 17.9 Å². The van der Waals surface area contributed by atoms with E-state index in [1.807, 2.05) is 39.2 Å². The lowest BCUT2D eigenvalue weighted by Gasteiger charge is -2.12. The predicted octanol–water partition coefficient (Wildman–Crippen LogP) is 1.35. The highest BCUT2D eigenvalue weighted by molar-refractivity contribution is 9.10. The quantitative estimate of drug-likeness (QED) is 0.877. The number of halogens is 1. The summed E-state index contributed by atoms with van der Waals surface area (Å²) in [4.78, 5) is 14.3. The Labute approximate surface area is 131 Å². The van der Waals surface area contributed by atoms with Crippen molar-refractivity contribution >= 4 is 27.3 Å². The largest absolute Gasteiger partial charge is 0.350 e. The first-order valence-corrected chi connectivity index (χ1v) is 7.35. The summed E-state index contributed by atoms with van der Waals surface area (Å²) in [6.45, 7) is 3.21. The van der Waals surface area contributed by atoms with E-state index in [0.29, 0.717) is 16.7 Å². The fourth-order valence-electron chi connectivity index (χ4n) is 1.87. The zero-order chi connectivity index (χ0) is 15.6. The second-order valence-electron chi connectivity index (χ2n) is 5.13. The van der Waals surface area contributed by atoms with Crippen molar-refractivity contribution in [2.45, 2.75) is 13.5 Å². The molecule has 0 fully saturated rings. The van der Waals surface area contributed by atoms with E-state index in [-0.39, 0.29) is 5.56 Å². The Morgan fingerprint density at radius 1 is 1.38 bits per heavy atom. The summed E-state index contributed by atoms with van der Waals surface area (Å²) in [5.41, 5.74) is 2.20. The molecule has 0 atom stereocenters. The van der Waals surface area contributed by atoms with Crippen LogP contribution in [0.3, 0.4) is 0 Å². The summed E-state index contributed by atoms with van der Waals surface area (Å²) in [7, 11) is 5.77. The average molecular weight is 355 g/mol. The van der Waals surface area contributed by atoms with Gasteiger partial charge in [-0.2, -0.15) is 10.2 Å². The maximum absolute atomic E-state index is 12.3. The first-order valence-electron chi connectivity index (χ1n) is 6.56. The van der Waals surface area contributed by atoms with Crippen LogP contribution in [0.5, 0.6) is 0 Å². The van der Waals surface area contributed by atoms with Gasteiger partial charge in [-0.3, -0.25) is 9.48 Å². The SMILES string of the molecule is Cc1nn(C)cc1Nc1cnn(CCN(C)C)c(=O)c1Br. The lowest BCUT2D eigenvalue weighted by Crippen LogP contribution is -2.29. The molecule has 0 unspecified atom stereocenters. The van der Waals surface area contributed by atoms with E-state index in [1.54, 1.807) is 10.9 Å². The Balaban J connectivity index is 2.24. The van der Waals surface area contributed by atoms with Crippen molar-refractivity contribution in [1.82, 2.24) is 24.5 Å². The van der Waals surface area contributed by atoms with Crippen LogP contribution >= 0.6 is 15.9 Å². The molecule has 8 heteroatoms. The molecule has 2 heterocycles. The number of hydrogen-bond donors (Lipinski definition) is 1. The summed E-state index contributed by atoms with van der Waals surface area (Å²) < 4.78 is 3.64. The van der Waals surface area contributed by atoms with E-state index < -0.39 is 0 Å². The molecule has 0 spiro atoms. The van der Waals surface area contributed by atoms with Gasteiger partial charge < -0.3 is 10.2 Å². The third kappa shape index (κ3) is 3.70. The monoisotopic (exact) mass is 354 g/mol. The fourth-order valence-corrected chi connectivity index (χ4v) is 2.28. The van der Waals surface area contributed by atoms with Gasteiger partial charge in [0.05, 0.1) is 29.8 Å². The minimum Gasteiger partial charge on any atom is -0.350 e. The number of hydrogen-bond acceptors (Lipinski definition) is 5. The van der Waals surface area contributed by atoms with Crippen LogP contribution < -0.4 is 10.9 Å². The molecule has 0 bridgehead atoms. The topological polar surface area (TPSA) is 68.0 Å². The van der Waals surface area contributed by atoms with Gasteiger partial charge in [0.25, 0.3) is 5.56 Å². The van der Waals surface area contributed by atoms with Crippen molar-refractivity contribution in [3.63, 3.8) is 0 Å². The number of nitrogens with zero attached hydrogens (tertiary/aromatic N) is 5. The van der Waals surface area contributed by atoms with Crippen LogP contribution in [0.1, 0.15) is 5.69 Å². The van der Waals surface area contributed by atoms with Crippen LogP contribution in [0.2, 0.25) is 0 Å². The van der Waals surface area contributed by atoms with Crippen molar-refractivity contribution in [2.75, 3.05) is 26.0 Å². The zero-order valence-corrected chi connectivity index (χ0v) is 14.2. The third-order valence-corrected chi connectivity index (χ3v) is 3.79. The highest BCUT2D eigenvalue weighted by atomic mass is 79.9. The van der Waals surface area contributed by atoms with E-state index in [4.69, 9.17) is 0 Å². The standard InChI is InChI=1S/C13H19BrN6O/c1-9-11(8-19(4)17-9)16-10-7-15-20(6-5-18(2)3)13(21)12(10)14/h7-8,16H,5-6H2,1-4H3. The van der Waals surface area contributed by atoms with Crippen LogP contribution in [0.15, 0.2) is 21.7 Å².